The van der Waals surface area contributed by atoms with Gasteiger partial charge < -0.3 is 19.5 Å². The van der Waals surface area contributed by atoms with Crippen molar-refractivity contribution in [1.82, 2.24) is 4.72 Å². The number of para-hydroxylation sites is 4. The van der Waals surface area contributed by atoms with Gasteiger partial charge in [0.2, 0.25) is 0 Å². The standard InChI is InChI=1S/C29H28F3N3O4S/c30-29(31,32)39-20-14-16-21(17-15-20)40(37,33-18-19-12-13-19)34-22-6-5-9-25(28(22)36)35-23-7-1-3-10-26(23)38-27-11-4-2-8-24(27)35/h1-4,7-11,14-17,19,22,28,36H,5-6,12-13,18H2,(H,33,34,37)/t22-,28-,40?/m0/s1. The van der Waals surface area contributed by atoms with Crippen LogP contribution >= 0.6 is 0 Å². The molecule has 210 valence electrons. The van der Waals surface area contributed by atoms with E-state index in [2.05, 4.69) is 13.8 Å². The van der Waals surface area contributed by atoms with Gasteiger partial charge in [0.05, 0.1) is 28.9 Å². The molecule has 3 aromatic carbocycles. The summed E-state index contributed by atoms with van der Waals surface area (Å²) in [6, 6.07) is 19.4. The van der Waals surface area contributed by atoms with Crippen LogP contribution in [-0.2, 0) is 9.92 Å². The van der Waals surface area contributed by atoms with E-state index in [4.69, 9.17) is 4.74 Å². The van der Waals surface area contributed by atoms with Gasteiger partial charge in [0.1, 0.15) is 21.8 Å². The van der Waals surface area contributed by atoms with Crippen molar-refractivity contribution in [1.29, 1.82) is 0 Å². The molecule has 1 fully saturated rings. The average Bonchev–Trinajstić information content (AvgIpc) is 3.76. The fraction of sp³-hybridized carbons (Fsp3) is 0.310. The highest BCUT2D eigenvalue weighted by molar-refractivity contribution is 7.91. The van der Waals surface area contributed by atoms with E-state index in [0.717, 1.165) is 36.3 Å². The third kappa shape index (κ3) is 5.54. The van der Waals surface area contributed by atoms with Gasteiger partial charge in [-0.1, -0.05) is 30.3 Å². The van der Waals surface area contributed by atoms with Gasteiger partial charge in [-0.15, -0.1) is 13.2 Å². The molecule has 1 saturated carbocycles. The SMILES string of the molecule is O=S(=NCC1CC1)(N[C@H]1CCC=C(N2c3ccccc3Oc3ccccc32)[C@H]1O)c1ccc(OC(F)(F)F)cc1. The number of aliphatic hydroxyl groups excluding tert-OH is 1. The maximum absolute atomic E-state index is 14.3. The van der Waals surface area contributed by atoms with Gasteiger partial charge in [0.25, 0.3) is 0 Å². The molecule has 0 saturated heterocycles. The second kappa shape index (κ2) is 10.5. The summed E-state index contributed by atoms with van der Waals surface area (Å²) in [5.41, 5.74) is 2.16. The van der Waals surface area contributed by atoms with Crippen molar-refractivity contribution < 1.29 is 32.0 Å². The highest BCUT2D eigenvalue weighted by Crippen LogP contribution is 2.49. The zero-order valence-corrected chi connectivity index (χ0v) is 22.2. The Hall–Kier alpha value is -3.54. The molecular formula is C29H28F3N3O4S. The number of nitrogens with zero attached hydrogens (tertiary/aromatic N) is 2. The smallest absolute Gasteiger partial charge is 0.453 e. The predicted molar refractivity (Wildman–Crippen MR) is 145 cm³/mol. The van der Waals surface area contributed by atoms with E-state index in [1.165, 1.54) is 12.1 Å². The van der Waals surface area contributed by atoms with Crippen molar-refractivity contribution in [3.05, 3.63) is 84.6 Å². The minimum absolute atomic E-state index is 0.230. The fourth-order valence-electron chi connectivity index (χ4n) is 4.95. The van der Waals surface area contributed by atoms with E-state index >= 15 is 0 Å². The average molecular weight is 572 g/mol. The molecule has 1 unspecified atom stereocenters. The molecule has 7 nitrogen and oxygen atoms in total. The van der Waals surface area contributed by atoms with Crippen LogP contribution in [0.3, 0.4) is 0 Å². The molecule has 0 aromatic heterocycles. The zero-order chi connectivity index (χ0) is 27.9. The first-order valence-corrected chi connectivity index (χ1v) is 14.6. The number of aliphatic hydroxyl groups is 1. The summed E-state index contributed by atoms with van der Waals surface area (Å²) >= 11 is 0. The van der Waals surface area contributed by atoms with Crippen LogP contribution in [0.25, 0.3) is 0 Å². The first-order valence-electron chi connectivity index (χ1n) is 13.1. The van der Waals surface area contributed by atoms with Crippen molar-refractivity contribution in [3.8, 4) is 17.2 Å². The van der Waals surface area contributed by atoms with Crippen LogP contribution < -0.4 is 19.1 Å². The number of rotatable bonds is 7. The van der Waals surface area contributed by atoms with Crippen LogP contribution in [0.5, 0.6) is 17.2 Å². The molecule has 3 atom stereocenters. The molecule has 6 rings (SSSR count). The van der Waals surface area contributed by atoms with Crippen LogP contribution in [0.15, 0.2) is 93.8 Å². The molecule has 0 radical (unpaired) electrons. The first-order chi connectivity index (χ1) is 19.2. The topological polar surface area (TPSA) is 83.4 Å². The van der Waals surface area contributed by atoms with Crippen molar-refractivity contribution in [2.45, 2.75) is 49.1 Å². The van der Waals surface area contributed by atoms with Crippen LogP contribution in [0.4, 0.5) is 24.5 Å². The van der Waals surface area contributed by atoms with Crippen LogP contribution in [0.1, 0.15) is 25.7 Å². The highest BCUT2D eigenvalue weighted by Gasteiger charge is 2.37. The monoisotopic (exact) mass is 571 g/mol. The second-order valence-corrected chi connectivity index (χ2v) is 12.1. The van der Waals surface area contributed by atoms with Gasteiger partial charge in [-0.25, -0.2) is 13.3 Å². The first kappa shape index (κ1) is 26.7. The molecule has 1 aliphatic heterocycles. The lowest BCUT2D eigenvalue weighted by Gasteiger charge is -2.40. The quantitative estimate of drug-likeness (QED) is 0.331. The molecule has 2 N–H and O–H groups in total. The summed E-state index contributed by atoms with van der Waals surface area (Å²) in [6.45, 7) is 0.363. The Bertz CT molecular complexity index is 1500. The predicted octanol–water partition coefficient (Wildman–Crippen LogP) is 6.68. The number of nitrogens with one attached hydrogen (secondary N) is 1. The molecule has 3 aliphatic rings. The van der Waals surface area contributed by atoms with E-state index in [9.17, 15) is 22.5 Å². The van der Waals surface area contributed by atoms with Gasteiger partial charge in [-0.3, -0.25) is 0 Å². The molecule has 0 bridgehead atoms. The minimum Gasteiger partial charge on any atom is -0.453 e. The molecule has 0 spiro atoms. The number of ether oxygens (including phenoxy) is 2. The van der Waals surface area contributed by atoms with Crippen LogP contribution in [0.2, 0.25) is 0 Å². The van der Waals surface area contributed by atoms with Crippen molar-refractivity contribution in [3.63, 3.8) is 0 Å². The lowest BCUT2D eigenvalue weighted by molar-refractivity contribution is -0.274. The van der Waals surface area contributed by atoms with E-state index in [-0.39, 0.29) is 4.90 Å². The number of halogens is 3. The lowest BCUT2D eigenvalue weighted by Crippen LogP contribution is -2.48. The van der Waals surface area contributed by atoms with E-state index in [1.807, 2.05) is 59.5 Å². The number of alkyl halides is 3. The number of allylic oxidation sites excluding steroid dienone is 1. The zero-order valence-electron chi connectivity index (χ0n) is 21.4. The van der Waals surface area contributed by atoms with E-state index < -0.39 is 34.2 Å². The van der Waals surface area contributed by atoms with Crippen molar-refractivity contribution >= 4 is 21.3 Å². The van der Waals surface area contributed by atoms with E-state index in [1.54, 1.807) is 0 Å². The van der Waals surface area contributed by atoms with Crippen LogP contribution in [-0.4, -0.2) is 34.4 Å². The van der Waals surface area contributed by atoms with Gasteiger partial charge in [-0.05, 0) is 80.1 Å². The summed E-state index contributed by atoms with van der Waals surface area (Å²) in [4.78, 5) is 2.19. The minimum atomic E-state index is -4.83. The summed E-state index contributed by atoms with van der Waals surface area (Å²) in [5.74, 6) is 1.22. The number of hydrogen-bond donors (Lipinski definition) is 2. The number of anilines is 2. The Kier molecular flexibility index (Phi) is 6.97. The molecule has 2 aliphatic carbocycles. The molecular weight excluding hydrogens is 543 g/mol. The molecule has 11 heteroatoms. The Balaban J connectivity index is 1.31. The number of benzene rings is 3. The highest BCUT2D eigenvalue weighted by atomic mass is 32.2. The second-order valence-electron chi connectivity index (χ2n) is 10.0. The van der Waals surface area contributed by atoms with E-state index in [0.29, 0.717) is 42.5 Å². The van der Waals surface area contributed by atoms with Crippen molar-refractivity contribution in [2.24, 2.45) is 10.3 Å². The lowest BCUT2D eigenvalue weighted by atomic mass is 9.94. The summed E-state index contributed by atoms with van der Waals surface area (Å²) in [5, 5.41) is 11.7. The Morgan fingerprint density at radius 2 is 1.60 bits per heavy atom. The van der Waals surface area contributed by atoms with Gasteiger partial charge in [0.15, 0.2) is 11.5 Å². The molecule has 3 aromatic rings. The van der Waals surface area contributed by atoms with Crippen LogP contribution in [0, 0.1) is 5.92 Å². The molecule has 0 amide bonds. The number of fused-ring (bicyclic) bond motifs is 2. The Labute approximate surface area is 230 Å². The van der Waals surface area contributed by atoms with Gasteiger partial charge >= 0.3 is 6.36 Å². The van der Waals surface area contributed by atoms with Gasteiger partial charge in [0, 0.05) is 5.70 Å². The van der Waals surface area contributed by atoms with Crippen molar-refractivity contribution in [2.75, 3.05) is 11.4 Å². The summed E-state index contributed by atoms with van der Waals surface area (Å²) < 4.78 is 70.0. The molecule has 40 heavy (non-hydrogen) atoms. The maximum atomic E-state index is 14.3. The third-order valence-electron chi connectivity index (χ3n) is 7.11. The maximum Gasteiger partial charge on any atom is 0.573 e. The number of hydrogen-bond acceptors (Lipinski definition) is 6. The normalized spacial score (nSPS) is 21.8. The largest absolute Gasteiger partial charge is 0.573 e. The Morgan fingerprint density at radius 3 is 2.20 bits per heavy atom. The fourth-order valence-corrected chi connectivity index (χ4v) is 6.89. The molecule has 1 heterocycles. The Morgan fingerprint density at radius 1 is 0.975 bits per heavy atom. The summed E-state index contributed by atoms with van der Waals surface area (Å²) in [7, 11) is -3.28. The van der Waals surface area contributed by atoms with Gasteiger partial charge in [-0.2, -0.15) is 0 Å². The third-order valence-corrected chi connectivity index (χ3v) is 9.15. The summed E-state index contributed by atoms with van der Waals surface area (Å²) in [6.07, 6.45) is -0.848.